The number of aromatic carboxylic acids is 1. The first-order chi connectivity index (χ1) is 9.16. The maximum absolute atomic E-state index is 11.8. The number of rotatable bonds is 8. The molecule has 0 saturated carbocycles. The molecule has 0 atom stereocenters. The van der Waals surface area contributed by atoms with Gasteiger partial charge in [-0.2, -0.15) is 0 Å². The fourth-order valence-electron chi connectivity index (χ4n) is 1.43. The van der Waals surface area contributed by atoms with Gasteiger partial charge in [-0.15, -0.1) is 0 Å². The van der Waals surface area contributed by atoms with E-state index in [0.717, 1.165) is 12.8 Å². The van der Waals surface area contributed by atoms with Crippen molar-refractivity contribution in [2.75, 3.05) is 19.8 Å². The van der Waals surface area contributed by atoms with E-state index in [-0.39, 0.29) is 11.3 Å². The highest BCUT2D eigenvalue weighted by Crippen LogP contribution is 2.04. The Morgan fingerprint density at radius 3 is 2.89 bits per heavy atom. The number of carboxylic acids is 1. The molecule has 1 rings (SSSR count). The Morgan fingerprint density at radius 2 is 2.21 bits per heavy atom. The molecule has 1 aromatic heterocycles. The number of hydrogen-bond acceptors (Lipinski definition) is 4. The van der Waals surface area contributed by atoms with Gasteiger partial charge in [0.1, 0.15) is 5.69 Å². The van der Waals surface area contributed by atoms with E-state index in [1.54, 1.807) is 0 Å². The number of unbranched alkanes of at least 4 members (excludes halogenated alkanes) is 1. The largest absolute Gasteiger partial charge is 0.478 e. The van der Waals surface area contributed by atoms with Crippen molar-refractivity contribution in [2.45, 2.75) is 19.8 Å². The molecule has 1 amide bonds. The van der Waals surface area contributed by atoms with E-state index in [1.807, 2.05) is 0 Å². The Balaban J connectivity index is 2.43. The maximum Gasteiger partial charge on any atom is 0.338 e. The van der Waals surface area contributed by atoms with Crippen molar-refractivity contribution in [1.82, 2.24) is 10.3 Å². The number of carbonyl (C=O) groups is 2. The molecule has 104 valence electrons. The number of carboxylic acid groups (broad SMARTS) is 1. The SMILES string of the molecule is CCCCOCCNC(=O)c1ncccc1C(=O)O. The number of aromatic nitrogens is 1. The van der Waals surface area contributed by atoms with Crippen LogP contribution in [0, 0.1) is 0 Å². The van der Waals surface area contributed by atoms with Crippen molar-refractivity contribution in [3.63, 3.8) is 0 Å². The Kier molecular flexibility index (Phi) is 6.52. The third kappa shape index (κ3) is 5.05. The van der Waals surface area contributed by atoms with Gasteiger partial charge in [0.2, 0.25) is 0 Å². The van der Waals surface area contributed by atoms with E-state index < -0.39 is 11.9 Å². The van der Waals surface area contributed by atoms with E-state index in [9.17, 15) is 9.59 Å². The molecule has 0 aliphatic rings. The number of nitrogens with one attached hydrogen (secondary N) is 1. The highest BCUT2D eigenvalue weighted by Gasteiger charge is 2.16. The molecular weight excluding hydrogens is 248 g/mol. The molecule has 1 aromatic rings. The Bertz CT molecular complexity index is 434. The van der Waals surface area contributed by atoms with Crippen LogP contribution in [-0.4, -0.2) is 41.7 Å². The second-order valence-electron chi connectivity index (χ2n) is 3.93. The summed E-state index contributed by atoms with van der Waals surface area (Å²) in [4.78, 5) is 26.5. The summed E-state index contributed by atoms with van der Waals surface area (Å²) in [7, 11) is 0. The second-order valence-corrected chi connectivity index (χ2v) is 3.93. The van der Waals surface area contributed by atoms with Crippen molar-refractivity contribution in [1.29, 1.82) is 0 Å². The van der Waals surface area contributed by atoms with Crippen LogP contribution in [0.2, 0.25) is 0 Å². The number of ether oxygens (including phenoxy) is 1. The number of amides is 1. The lowest BCUT2D eigenvalue weighted by Gasteiger charge is -2.07. The van der Waals surface area contributed by atoms with Crippen molar-refractivity contribution in [2.24, 2.45) is 0 Å². The van der Waals surface area contributed by atoms with Crippen LogP contribution < -0.4 is 5.32 Å². The summed E-state index contributed by atoms with van der Waals surface area (Å²) < 4.78 is 5.29. The van der Waals surface area contributed by atoms with Crippen LogP contribution >= 0.6 is 0 Å². The molecule has 0 radical (unpaired) electrons. The predicted molar refractivity (Wildman–Crippen MR) is 69.3 cm³/mol. The minimum atomic E-state index is -1.17. The fourth-order valence-corrected chi connectivity index (χ4v) is 1.43. The lowest BCUT2D eigenvalue weighted by atomic mass is 10.2. The molecule has 6 nitrogen and oxygen atoms in total. The second kappa shape index (κ2) is 8.20. The molecule has 1 heterocycles. The van der Waals surface area contributed by atoms with Crippen molar-refractivity contribution >= 4 is 11.9 Å². The van der Waals surface area contributed by atoms with E-state index in [0.29, 0.717) is 19.8 Å². The van der Waals surface area contributed by atoms with Gasteiger partial charge in [0, 0.05) is 19.3 Å². The van der Waals surface area contributed by atoms with E-state index >= 15 is 0 Å². The third-order valence-electron chi connectivity index (χ3n) is 2.43. The summed E-state index contributed by atoms with van der Waals surface area (Å²) >= 11 is 0. The van der Waals surface area contributed by atoms with Gasteiger partial charge in [-0.05, 0) is 18.6 Å². The first-order valence-corrected chi connectivity index (χ1v) is 6.21. The molecular formula is C13H18N2O4. The molecule has 19 heavy (non-hydrogen) atoms. The van der Waals surface area contributed by atoms with Crippen LogP contribution in [-0.2, 0) is 4.74 Å². The summed E-state index contributed by atoms with van der Waals surface area (Å²) in [5.74, 6) is -1.67. The maximum atomic E-state index is 11.8. The van der Waals surface area contributed by atoms with Gasteiger partial charge in [-0.3, -0.25) is 9.78 Å². The summed E-state index contributed by atoms with van der Waals surface area (Å²) in [6.45, 7) is 3.47. The molecule has 0 aromatic carbocycles. The first kappa shape index (κ1) is 15.1. The quantitative estimate of drug-likeness (QED) is 0.693. The molecule has 6 heteroatoms. The third-order valence-corrected chi connectivity index (χ3v) is 2.43. The number of carbonyl (C=O) groups excluding carboxylic acids is 1. The molecule has 0 aliphatic heterocycles. The van der Waals surface area contributed by atoms with E-state index in [2.05, 4.69) is 17.2 Å². The summed E-state index contributed by atoms with van der Waals surface area (Å²) in [5.41, 5.74) is -0.185. The van der Waals surface area contributed by atoms with Crippen LogP contribution in [0.4, 0.5) is 0 Å². The van der Waals surface area contributed by atoms with Gasteiger partial charge < -0.3 is 15.2 Å². The lowest BCUT2D eigenvalue weighted by molar-refractivity contribution is 0.0689. The van der Waals surface area contributed by atoms with Gasteiger partial charge >= 0.3 is 5.97 Å². The average Bonchev–Trinajstić information content (AvgIpc) is 2.42. The smallest absolute Gasteiger partial charge is 0.338 e. The Hall–Kier alpha value is -1.95. The predicted octanol–water partition coefficient (Wildman–Crippen LogP) is 1.33. The minimum absolute atomic E-state index is 0.0800. The summed E-state index contributed by atoms with van der Waals surface area (Å²) in [6.07, 6.45) is 3.43. The molecule has 0 unspecified atom stereocenters. The van der Waals surface area contributed by atoms with Crippen LogP contribution in [0.25, 0.3) is 0 Å². The van der Waals surface area contributed by atoms with E-state index in [1.165, 1.54) is 18.3 Å². The highest BCUT2D eigenvalue weighted by atomic mass is 16.5. The zero-order valence-corrected chi connectivity index (χ0v) is 10.9. The molecule has 2 N–H and O–H groups in total. The molecule has 0 bridgehead atoms. The van der Waals surface area contributed by atoms with Crippen molar-refractivity contribution in [3.8, 4) is 0 Å². The monoisotopic (exact) mass is 266 g/mol. The minimum Gasteiger partial charge on any atom is -0.478 e. The van der Waals surface area contributed by atoms with Crippen LogP contribution in [0.3, 0.4) is 0 Å². The number of nitrogens with zero attached hydrogens (tertiary/aromatic N) is 1. The zero-order valence-electron chi connectivity index (χ0n) is 10.9. The van der Waals surface area contributed by atoms with Crippen LogP contribution in [0.15, 0.2) is 18.3 Å². The Labute approximate surface area is 111 Å². The zero-order chi connectivity index (χ0) is 14.1. The topological polar surface area (TPSA) is 88.5 Å². The fraction of sp³-hybridized carbons (Fsp3) is 0.462. The highest BCUT2D eigenvalue weighted by molar-refractivity contribution is 6.03. The van der Waals surface area contributed by atoms with Gasteiger partial charge in [0.05, 0.1) is 12.2 Å². The van der Waals surface area contributed by atoms with Crippen LogP contribution in [0.5, 0.6) is 0 Å². The first-order valence-electron chi connectivity index (χ1n) is 6.21. The molecule has 0 aliphatic carbocycles. The summed E-state index contributed by atoms with van der Waals surface area (Å²) in [5, 5.41) is 11.5. The lowest BCUT2D eigenvalue weighted by Crippen LogP contribution is -2.29. The average molecular weight is 266 g/mol. The van der Waals surface area contributed by atoms with Crippen molar-refractivity contribution < 1.29 is 19.4 Å². The van der Waals surface area contributed by atoms with Gasteiger partial charge in [-0.25, -0.2) is 4.79 Å². The number of pyridine rings is 1. The molecule has 0 saturated heterocycles. The van der Waals surface area contributed by atoms with Crippen LogP contribution in [0.1, 0.15) is 40.6 Å². The molecule has 0 fully saturated rings. The van der Waals surface area contributed by atoms with Crippen molar-refractivity contribution in [3.05, 3.63) is 29.6 Å². The van der Waals surface area contributed by atoms with Gasteiger partial charge in [0.15, 0.2) is 0 Å². The van der Waals surface area contributed by atoms with Gasteiger partial charge in [-0.1, -0.05) is 13.3 Å². The standard InChI is InChI=1S/C13H18N2O4/c1-2-3-8-19-9-7-15-12(16)11-10(13(17)18)5-4-6-14-11/h4-6H,2-3,7-9H2,1H3,(H,15,16)(H,17,18). The normalized spacial score (nSPS) is 10.2. The molecule has 0 spiro atoms. The summed E-state index contributed by atoms with van der Waals surface area (Å²) in [6, 6.07) is 2.83. The number of hydrogen-bond donors (Lipinski definition) is 2. The van der Waals surface area contributed by atoms with E-state index in [4.69, 9.17) is 9.84 Å². The Morgan fingerprint density at radius 1 is 1.42 bits per heavy atom. The van der Waals surface area contributed by atoms with Gasteiger partial charge in [0.25, 0.3) is 5.91 Å².